The molecule has 4 atom stereocenters. The molecule has 0 aliphatic carbocycles. The van der Waals surface area contributed by atoms with Gasteiger partial charge in [-0.1, -0.05) is 111 Å². The molecule has 0 unspecified atom stereocenters. The number of carbonyl (C=O) groups is 4. The van der Waals surface area contributed by atoms with E-state index < -0.39 is 107 Å². The molecular weight excluding hydrogens is 1690 g/mol. The van der Waals surface area contributed by atoms with Gasteiger partial charge in [-0.3, -0.25) is 60.1 Å². The van der Waals surface area contributed by atoms with E-state index in [2.05, 4.69) is 101 Å². The largest absolute Gasteiger partial charge is 0.441 e. The van der Waals surface area contributed by atoms with Gasteiger partial charge in [0.2, 0.25) is 40.1 Å². The van der Waals surface area contributed by atoms with Gasteiger partial charge in [0.05, 0.1) is 95.3 Å². The standard InChI is InChI=1S/C19H21FN6O4S.C19H22N6O4S.C18H18F2N6O4S.C18H19FN6O4S/c1-11-5-7-15(20)14(9-11)12(2)30-19(27)22-18-17(23-25-26(18)3)16-8-6-13(10-21-16)24-31(4,28)29;1-12-6-5-7-14(10-12)13(2)29-19(26)21-18-17(22-24-25(18)3)16-9-8-15(11-20-16)23-30(4,27)28;1-26-17(22-18(27)30-15(16(19)20)11-6-4-3-5-7-11)14(23-25-26)13-9-8-12(10-21-13)24-31(2,28)29;1-11(13-6-4-5-7-14(13)19)29-18(26)21-17-16(22-24-25(17)2)15-9-8-12(10-20-15)23-30(3,27)28/h5-10,12,24H,1-4H3,(H,22,27);5-11,13,23H,1-4H3,(H,21,26);3-10,15-16,24H,1-2H3,(H,22,27);4-11,23H,1-3H3,(H,21,26)/t12-;13-;15-;11-/m1101/s1. The van der Waals surface area contributed by atoms with Crippen LogP contribution in [0, 0.1) is 25.5 Å². The summed E-state index contributed by atoms with van der Waals surface area (Å²) in [5.74, 6) is -0.182. The number of alkyl halides is 2. The van der Waals surface area contributed by atoms with Gasteiger partial charge >= 0.3 is 24.4 Å². The van der Waals surface area contributed by atoms with Crippen molar-refractivity contribution >= 4 is 110 Å². The number of carbonyl (C=O) groups excluding carboxylic acids is 4. The van der Waals surface area contributed by atoms with Crippen molar-refractivity contribution < 1.29 is 89.4 Å². The van der Waals surface area contributed by atoms with E-state index >= 15 is 0 Å². The molecule has 644 valence electrons. The number of hydrogen-bond acceptors (Lipinski definition) is 28. The highest BCUT2D eigenvalue weighted by Crippen LogP contribution is 2.33. The molecule has 40 nitrogen and oxygen atoms in total. The molecule has 0 saturated carbocycles. The number of aryl methyl sites for hydroxylation is 6. The third-order valence-electron chi connectivity index (χ3n) is 16.3. The van der Waals surface area contributed by atoms with Crippen LogP contribution in [0.1, 0.15) is 78.6 Å². The van der Waals surface area contributed by atoms with E-state index in [0.29, 0.717) is 34.3 Å². The van der Waals surface area contributed by atoms with E-state index in [9.17, 15) is 70.4 Å². The zero-order valence-corrected chi connectivity index (χ0v) is 70.2. The second kappa shape index (κ2) is 40.1. The summed E-state index contributed by atoms with van der Waals surface area (Å²) in [6.07, 6.45) is -0.891. The SMILES string of the molecule is C[C@@H](OC(=O)Nc1c(-c2ccc(NS(C)(=O)=O)cn2)nnn1C)c1ccccc1F.Cc1ccc(F)c([C@@H](C)OC(=O)Nc2c(-c3ccc(NS(C)(=O)=O)cn3)nnn2C)c1.Cc1cccc([C@@H](C)OC(=O)Nc2c(-c3ccc(NS(C)(=O)=O)cn3)nnn2C)c1.Cn1nnc(-c2ccc(NS(C)(=O)=O)cn2)c1NC(=O)O[C@@H](c1ccccc1)C(F)F. The molecule has 0 aliphatic heterocycles. The summed E-state index contributed by atoms with van der Waals surface area (Å²) in [7, 11) is -7.53. The van der Waals surface area contributed by atoms with Crippen LogP contribution in [0.15, 0.2) is 170 Å². The molecule has 0 spiro atoms. The second-order valence-corrected chi connectivity index (χ2v) is 33.5. The van der Waals surface area contributed by atoms with Gasteiger partial charge in [0.1, 0.15) is 29.9 Å². The fourth-order valence-corrected chi connectivity index (χ4v) is 13.0. The fraction of sp³-hybridized carbons (Fsp3) is 0.243. The Labute approximate surface area is 695 Å². The second-order valence-electron chi connectivity index (χ2n) is 26.5. The van der Waals surface area contributed by atoms with Crippen LogP contribution >= 0.6 is 0 Å². The van der Waals surface area contributed by atoms with Crippen LogP contribution in [0.5, 0.6) is 0 Å². The van der Waals surface area contributed by atoms with Crippen molar-refractivity contribution in [2.24, 2.45) is 28.2 Å². The summed E-state index contributed by atoms with van der Waals surface area (Å²) in [5.41, 5.74) is 6.84. The van der Waals surface area contributed by atoms with Gasteiger partial charge in [0.15, 0.2) is 52.2 Å². The van der Waals surface area contributed by atoms with Crippen LogP contribution in [-0.2, 0) is 87.2 Å². The first-order chi connectivity index (χ1) is 57.4. The molecule has 8 aromatic heterocycles. The van der Waals surface area contributed by atoms with Crippen LogP contribution in [-0.4, -0.2) is 169 Å². The van der Waals surface area contributed by atoms with Gasteiger partial charge in [0, 0.05) is 39.3 Å². The Morgan fingerprint density at radius 2 is 0.672 bits per heavy atom. The maximum atomic E-state index is 14.0. The molecule has 8 heterocycles. The van der Waals surface area contributed by atoms with Gasteiger partial charge in [-0.2, -0.15) is 0 Å². The number of aromatic nitrogens is 16. The number of amides is 4. The quantitative estimate of drug-likeness (QED) is 0.0195. The zero-order chi connectivity index (χ0) is 89.1. The number of nitrogens with one attached hydrogen (secondary N) is 8. The first-order valence-electron chi connectivity index (χ1n) is 35.6. The van der Waals surface area contributed by atoms with Crippen molar-refractivity contribution in [3.8, 4) is 45.6 Å². The van der Waals surface area contributed by atoms with Gasteiger partial charge in [0.25, 0.3) is 6.43 Å². The third kappa shape index (κ3) is 26.9. The van der Waals surface area contributed by atoms with Gasteiger partial charge < -0.3 is 18.9 Å². The Bertz CT molecular complexity index is 6180. The number of ether oxygens (including phenoxy) is 4. The summed E-state index contributed by atoms with van der Waals surface area (Å²) in [6.45, 7) is 8.68. The zero-order valence-electron chi connectivity index (χ0n) is 66.9. The molecule has 12 aromatic rings. The molecule has 0 saturated heterocycles. The van der Waals surface area contributed by atoms with E-state index in [-0.39, 0.29) is 74.0 Å². The Kier molecular flexibility index (Phi) is 30.1. The minimum Gasteiger partial charge on any atom is -0.441 e. The maximum absolute atomic E-state index is 14.0. The van der Waals surface area contributed by atoms with E-state index in [1.165, 1.54) is 117 Å². The van der Waals surface area contributed by atoms with Crippen molar-refractivity contribution in [2.75, 3.05) is 65.2 Å². The molecule has 0 fully saturated rings. The van der Waals surface area contributed by atoms with Crippen LogP contribution in [0.2, 0.25) is 0 Å². The van der Waals surface area contributed by atoms with Crippen LogP contribution in [0.3, 0.4) is 0 Å². The first-order valence-corrected chi connectivity index (χ1v) is 43.2. The summed E-state index contributed by atoms with van der Waals surface area (Å²) < 4.78 is 181. The topological polar surface area (TPSA) is 512 Å². The van der Waals surface area contributed by atoms with E-state index in [1.54, 1.807) is 96.5 Å². The van der Waals surface area contributed by atoms with Crippen molar-refractivity contribution in [1.29, 1.82) is 0 Å². The monoisotopic (exact) mass is 1760 g/mol. The number of pyridine rings is 4. The molecular formula is C74H80F4N24O16S4. The summed E-state index contributed by atoms with van der Waals surface area (Å²) in [5, 5.41) is 41.5. The number of nitrogens with zero attached hydrogens (tertiary/aromatic N) is 16. The lowest BCUT2D eigenvalue weighted by Crippen LogP contribution is -2.23. The number of sulfonamides is 4. The van der Waals surface area contributed by atoms with Gasteiger partial charge in [-0.05, 0) is 112 Å². The molecule has 48 heteroatoms. The normalized spacial score (nSPS) is 12.3. The van der Waals surface area contributed by atoms with Crippen molar-refractivity contribution in [1.82, 2.24) is 79.9 Å². The number of rotatable bonds is 25. The Hall–Kier alpha value is -14.2. The van der Waals surface area contributed by atoms with Gasteiger partial charge in [-0.15, -0.1) is 20.4 Å². The Balaban J connectivity index is 0.000000185. The van der Waals surface area contributed by atoms with Gasteiger partial charge in [-0.25, -0.2) is 89.1 Å². The highest BCUT2D eigenvalue weighted by molar-refractivity contribution is 7.92. The molecule has 0 radical (unpaired) electrons. The third-order valence-corrected chi connectivity index (χ3v) is 18.7. The van der Waals surface area contributed by atoms with Crippen LogP contribution in [0.25, 0.3) is 45.6 Å². The smallest absolute Gasteiger partial charge is 0.413 e. The summed E-state index contributed by atoms with van der Waals surface area (Å²) in [6, 6.07) is 38.0. The fourth-order valence-electron chi connectivity index (χ4n) is 10.8. The molecule has 4 aromatic carbocycles. The molecule has 4 amide bonds. The molecule has 0 bridgehead atoms. The number of anilines is 8. The average molecular weight is 1770 g/mol. The van der Waals surface area contributed by atoms with E-state index in [0.717, 1.165) is 41.7 Å². The predicted molar refractivity (Wildman–Crippen MR) is 440 cm³/mol. The predicted octanol–water partition coefficient (Wildman–Crippen LogP) is 11.4. The van der Waals surface area contributed by atoms with E-state index in [1.807, 2.05) is 38.1 Å². The van der Waals surface area contributed by atoms with Crippen LogP contribution < -0.4 is 40.2 Å². The van der Waals surface area contributed by atoms with Crippen molar-refractivity contribution in [3.05, 3.63) is 215 Å². The minimum absolute atomic E-state index is 0.0578. The number of hydrogen-bond donors (Lipinski definition) is 8. The Morgan fingerprint density at radius 1 is 0.361 bits per heavy atom. The molecule has 0 aliphatic rings. The number of halogens is 4. The average Bonchev–Trinajstić information content (AvgIpc) is 1.66. The molecule has 8 N–H and O–H groups in total. The van der Waals surface area contributed by atoms with Crippen LogP contribution in [0.4, 0.5) is 82.8 Å². The highest BCUT2D eigenvalue weighted by Gasteiger charge is 2.30. The van der Waals surface area contributed by atoms with Crippen molar-refractivity contribution in [3.63, 3.8) is 0 Å². The lowest BCUT2D eigenvalue weighted by molar-refractivity contribution is -0.0143. The molecule has 12 rings (SSSR count). The maximum Gasteiger partial charge on any atom is 0.413 e. The molecule has 122 heavy (non-hydrogen) atoms. The first kappa shape index (κ1) is 91.7. The van der Waals surface area contributed by atoms with Crippen molar-refractivity contribution in [2.45, 2.75) is 65.5 Å². The summed E-state index contributed by atoms with van der Waals surface area (Å²) in [4.78, 5) is 66.1. The Morgan fingerprint density at radius 3 is 1.00 bits per heavy atom. The lowest BCUT2D eigenvalue weighted by atomic mass is 10.1. The number of benzene rings is 4. The minimum atomic E-state index is -3.47. The summed E-state index contributed by atoms with van der Waals surface area (Å²) >= 11 is 0. The lowest BCUT2D eigenvalue weighted by Gasteiger charge is -2.18. The highest BCUT2D eigenvalue weighted by atomic mass is 32.2. The van der Waals surface area contributed by atoms with E-state index in [4.69, 9.17) is 18.9 Å².